The van der Waals surface area contributed by atoms with Gasteiger partial charge in [-0.3, -0.25) is 0 Å². The Hall–Kier alpha value is -1.29. The van der Waals surface area contributed by atoms with Crippen LogP contribution >= 0.6 is 11.6 Å². The second-order valence-electron chi connectivity index (χ2n) is 1.75. The number of rotatable bonds is 2. The molecule has 0 amide bonds. The third kappa shape index (κ3) is 2.43. The molecule has 0 fully saturated rings. The Morgan fingerprint density at radius 1 is 1.64 bits per heavy atom. The first-order chi connectivity index (χ1) is 5.33. The van der Waals surface area contributed by atoms with E-state index >= 15 is 0 Å². The SMILES string of the molecule is ON=CNc1ccc(Cl)cn1. The number of nitrogens with zero attached hydrogens (tertiary/aromatic N) is 2. The molecule has 4 nitrogen and oxygen atoms in total. The fraction of sp³-hybridized carbons (Fsp3) is 0. The Morgan fingerprint density at radius 2 is 2.45 bits per heavy atom. The fourth-order valence-electron chi connectivity index (χ4n) is 0.556. The zero-order chi connectivity index (χ0) is 8.10. The zero-order valence-electron chi connectivity index (χ0n) is 5.53. The van der Waals surface area contributed by atoms with Crippen LogP contribution in [0.5, 0.6) is 0 Å². The summed E-state index contributed by atoms with van der Waals surface area (Å²) in [5.74, 6) is 0.576. The van der Waals surface area contributed by atoms with Crippen molar-refractivity contribution in [2.45, 2.75) is 0 Å². The number of pyridine rings is 1. The molecule has 0 aromatic carbocycles. The highest BCUT2D eigenvalue weighted by atomic mass is 35.5. The minimum absolute atomic E-state index is 0.566. The van der Waals surface area contributed by atoms with Gasteiger partial charge in [0.2, 0.25) is 0 Å². The van der Waals surface area contributed by atoms with Gasteiger partial charge in [-0.05, 0) is 12.1 Å². The van der Waals surface area contributed by atoms with E-state index in [1.54, 1.807) is 12.1 Å². The van der Waals surface area contributed by atoms with Gasteiger partial charge in [0, 0.05) is 6.20 Å². The highest BCUT2D eigenvalue weighted by Gasteiger charge is 1.89. The Balaban J connectivity index is 2.66. The molecule has 0 atom stereocenters. The van der Waals surface area contributed by atoms with Crippen molar-refractivity contribution in [2.24, 2.45) is 5.16 Å². The van der Waals surface area contributed by atoms with Crippen molar-refractivity contribution in [1.82, 2.24) is 4.98 Å². The average Bonchev–Trinajstić information content (AvgIpc) is 2.04. The lowest BCUT2D eigenvalue weighted by Gasteiger charge is -1.95. The summed E-state index contributed by atoms with van der Waals surface area (Å²) in [4.78, 5) is 3.87. The molecule has 0 bridgehead atoms. The van der Waals surface area contributed by atoms with Crippen LogP contribution in [0.15, 0.2) is 23.5 Å². The first-order valence-electron chi connectivity index (χ1n) is 2.87. The Morgan fingerprint density at radius 3 is 3.00 bits per heavy atom. The quantitative estimate of drug-likeness (QED) is 0.307. The van der Waals surface area contributed by atoms with E-state index in [0.29, 0.717) is 10.8 Å². The van der Waals surface area contributed by atoms with Gasteiger partial charge in [-0.1, -0.05) is 16.8 Å². The van der Waals surface area contributed by atoms with Crippen molar-refractivity contribution < 1.29 is 5.21 Å². The molecule has 0 spiro atoms. The van der Waals surface area contributed by atoms with E-state index < -0.39 is 0 Å². The number of nitrogens with one attached hydrogen (secondary N) is 1. The van der Waals surface area contributed by atoms with Crippen molar-refractivity contribution in [1.29, 1.82) is 0 Å². The van der Waals surface area contributed by atoms with E-state index in [9.17, 15) is 0 Å². The third-order valence-corrected chi connectivity index (χ3v) is 1.22. The lowest BCUT2D eigenvalue weighted by molar-refractivity contribution is 0.321. The van der Waals surface area contributed by atoms with E-state index in [-0.39, 0.29) is 0 Å². The second kappa shape index (κ2) is 3.78. The zero-order valence-corrected chi connectivity index (χ0v) is 6.28. The van der Waals surface area contributed by atoms with E-state index in [2.05, 4.69) is 15.5 Å². The van der Waals surface area contributed by atoms with Crippen LogP contribution in [0, 0.1) is 0 Å². The maximum atomic E-state index is 8.04. The molecule has 11 heavy (non-hydrogen) atoms. The van der Waals surface area contributed by atoms with Crippen LogP contribution in [0.3, 0.4) is 0 Å². The number of anilines is 1. The van der Waals surface area contributed by atoms with Crippen LogP contribution in [0.1, 0.15) is 0 Å². The molecule has 1 heterocycles. The van der Waals surface area contributed by atoms with Crippen molar-refractivity contribution in [2.75, 3.05) is 5.32 Å². The highest BCUT2D eigenvalue weighted by molar-refractivity contribution is 6.30. The van der Waals surface area contributed by atoms with E-state index in [1.807, 2.05) is 0 Å². The highest BCUT2D eigenvalue weighted by Crippen LogP contribution is 2.08. The van der Waals surface area contributed by atoms with Gasteiger partial charge in [-0.15, -0.1) is 0 Å². The fourth-order valence-corrected chi connectivity index (χ4v) is 0.668. The number of oxime groups is 1. The summed E-state index contributed by atoms with van der Waals surface area (Å²) in [6.45, 7) is 0. The predicted molar refractivity (Wildman–Crippen MR) is 43.1 cm³/mol. The number of aromatic nitrogens is 1. The molecule has 0 aliphatic rings. The maximum absolute atomic E-state index is 8.04. The van der Waals surface area contributed by atoms with E-state index in [1.165, 1.54) is 6.20 Å². The molecule has 58 valence electrons. The molecule has 5 heteroatoms. The molecule has 2 N–H and O–H groups in total. The first-order valence-corrected chi connectivity index (χ1v) is 3.24. The standard InChI is InChI=1S/C6H6ClN3O/c7-5-1-2-6(8-3-5)9-4-10-11/h1-4,11H,(H,8,9,10). The third-order valence-electron chi connectivity index (χ3n) is 0.998. The molecule has 0 aliphatic heterocycles. The lowest BCUT2D eigenvalue weighted by Crippen LogP contribution is -1.95. The van der Waals surface area contributed by atoms with Gasteiger partial charge in [0.05, 0.1) is 5.02 Å². The number of hydrogen-bond acceptors (Lipinski definition) is 3. The van der Waals surface area contributed by atoms with Crippen molar-refractivity contribution in [3.05, 3.63) is 23.4 Å². The second-order valence-corrected chi connectivity index (χ2v) is 2.19. The maximum Gasteiger partial charge on any atom is 0.133 e. The Bertz CT molecular complexity index is 247. The minimum Gasteiger partial charge on any atom is -0.410 e. The molecule has 0 unspecified atom stereocenters. The van der Waals surface area contributed by atoms with Crippen LogP contribution in [0.4, 0.5) is 5.82 Å². The molecule has 0 saturated heterocycles. The molecular formula is C6H6ClN3O. The first kappa shape index (κ1) is 7.81. The van der Waals surface area contributed by atoms with E-state index in [4.69, 9.17) is 16.8 Å². The molecule has 0 aliphatic carbocycles. The van der Waals surface area contributed by atoms with Gasteiger partial charge < -0.3 is 10.5 Å². The topological polar surface area (TPSA) is 57.5 Å². The molecule has 0 radical (unpaired) electrons. The van der Waals surface area contributed by atoms with Gasteiger partial charge in [-0.25, -0.2) is 4.98 Å². The Kier molecular flexibility index (Phi) is 2.68. The van der Waals surface area contributed by atoms with Gasteiger partial charge in [0.25, 0.3) is 0 Å². The molecule has 1 aromatic rings. The van der Waals surface area contributed by atoms with Crippen molar-refractivity contribution in [3.63, 3.8) is 0 Å². The summed E-state index contributed by atoms with van der Waals surface area (Å²) >= 11 is 5.57. The van der Waals surface area contributed by atoms with Crippen LogP contribution in [-0.4, -0.2) is 16.5 Å². The van der Waals surface area contributed by atoms with Crippen LogP contribution < -0.4 is 5.32 Å². The van der Waals surface area contributed by atoms with Gasteiger partial charge >= 0.3 is 0 Å². The summed E-state index contributed by atoms with van der Waals surface area (Å²) < 4.78 is 0. The van der Waals surface area contributed by atoms with Crippen LogP contribution in [0.2, 0.25) is 5.02 Å². The molecule has 0 saturated carbocycles. The van der Waals surface area contributed by atoms with Crippen molar-refractivity contribution in [3.8, 4) is 0 Å². The van der Waals surface area contributed by atoms with Crippen LogP contribution in [-0.2, 0) is 0 Å². The molecule has 1 rings (SSSR count). The normalized spacial score (nSPS) is 10.3. The van der Waals surface area contributed by atoms with Gasteiger partial charge in [0.15, 0.2) is 0 Å². The monoisotopic (exact) mass is 171 g/mol. The summed E-state index contributed by atoms with van der Waals surface area (Å²) in [5, 5.41) is 14.0. The summed E-state index contributed by atoms with van der Waals surface area (Å²) in [6, 6.07) is 3.35. The average molecular weight is 172 g/mol. The number of hydrogen-bond donors (Lipinski definition) is 2. The summed E-state index contributed by atoms with van der Waals surface area (Å²) in [7, 11) is 0. The van der Waals surface area contributed by atoms with Crippen LogP contribution in [0.25, 0.3) is 0 Å². The van der Waals surface area contributed by atoms with Crippen molar-refractivity contribution >= 4 is 23.8 Å². The molecular weight excluding hydrogens is 166 g/mol. The number of halogens is 1. The van der Waals surface area contributed by atoms with E-state index in [0.717, 1.165) is 6.34 Å². The summed E-state index contributed by atoms with van der Waals surface area (Å²) in [6.07, 6.45) is 2.62. The smallest absolute Gasteiger partial charge is 0.133 e. The molecule has 1 aromatic heterocycles. The predicted octanol–water partition coefficient (Wildman–Crippen LogP) is 1.56. The van der Waals surface area contributed by atoms with Gasteiger partial charge in [-0.2, -0.15) is 0 Å². The summed E-state index contributed by atoms with van der Waals surface area (Å²) in [5.41, 5.74) is 0. The Labute approximate surface area is 68.5 Å². The van der Waals surface area contributed by atoms with Gasteiger partial charge in [0.1, 0.15) is 12.2 Å². The largest absolute Gasteiger partial charge is 0.410 e. The lowest BCUT2D eigenvalue weighted by atomic mass is 10.5. The minimum atomic E-state index is 0.566.